The predicted molar refractivity (Wildman–Crippen MR) is 97.6 cm³/mol. The fourth-order valence-corrected chi connectivity index (χ4v) is 3.18. The van der Waals surface area contributed by atoms with Crippen LogP contribution in [0.25, 0.3) is 33.3 Å². The molecule has 0 aliphatic heterocycles. The summed E-state index contributed by atoms with van der Waals surface area (Å²) < 4.78 is 29.5. The number of nitrogens with zero attached hydrogens (tertiary/aromatic N) is 2. The van der Waals surface area contributed by atoms with Gasteiger partial charge >= 0.3 is 0 Å². The van der Waals surface area contributed by atoms with Gasteiger partial charge in [0.2, 0.25) is 5.43 Å². The zero-order chi connectivity index (χ0) is 19.3. The van der Waals surface area contributed by atoms with Crippen LogP contribution in [0, 0.1) is 11.6 Å². The first-order valence-electron chi connectivity index (χ1n) is 8.10. The molecule has 2 aromatic carbocycles. The number of halogens is 2. The Bertz CT molecular complexity index is 1270. The van der Waals surface area contributed by atoms with Gasteiger partial charge < -0.3 is 14.9 Å². The van der Waals surface area contributed by atoms with Crippen LogP contribution in [0.1, 0.15) is 10.4 Å². The van der Waals surface area contributed by atoms with Gasteiger partial charge in [-0.3, -0.25) is 9.59 Å². The lowest BCUT2D eigenvalue weighted by Gasteiger charge is -2.05. The van der Waals surface area contributed by atoms with Gasteiger partial charge in [-0.15, -0.1) is 0 Å². The number of hydrogen-bond donors (Lipinski definition) is 2. The first kappa shape index (κ1) is 16.9. The third kappa shape index (κ3) is 2.49. The van der Waals surface area contributed by atoms with Gasteiger partial charge in [0.25, 0.3) is 5.91 Å². The van der Waals surface area contributed by atoms with Crippen LogP contribution >= 0.6 is 0 Å². The maximum absolute atomic E-state index is 14.8. The Morgan fingerprint density at radius 1 is 1.22 bits per heavy atom. The van der Waals surface area contributed by atoms with Crippen molar-refractivity contribution in [1.82, 2.24) is 19.9 Å². The number of benzene rings is 2. The Morgan fingerprint density at radius 2 is 1.93 bits per heavy atom. The van der Waals surface area contributed by atoms with Gasteiger partial charge in [-0.05, 0) is 30.3 Å². The highest BCUT2D eigenvalue weighted by Gasteiger charge is 2.20. The fourth-order valence-electron chi connectivity index (χ4n) is 3.18. The minimum absolute atomic E-state index is 0.0323. The van der Waals surface area contributed by atoms with Crippen LogP contribution in [-0.4, -0.2) is 27.5 Å². The molecule has 0 saturated heterocycles. The molecule has 0 saturated carbocycles. The number of nitrogens with one attached hydrogen (secondary N) is 2. The smallest absolute Gasteiger partial charge is 0.256 e. The number of aromatic nitrogens is 3. The molecule has 6 nitrogen and oxygen atoms in total. The van der Waals surface area contributed by atoms with Crippen molar-refractivity contribution in [2.75, 3.05) is 7.05 Å². The van der Waals surface area contributed by atoms with Crippen molar-refractivity contribution >= 4 is 27.8 Å². The Labute approximate surface area is 151 Å². The number of fused-ring (bicyclic) bond motifs is 3. The molecule has 2 aromatic heterocycles. The van der Waals surface area contributed by atoms with Crippen LogP contribution < -0.4 is 10.7 Å². The van der Waals surface area contributed by atoms with Gasteiger partial charge in [-0.1, -0.05) is 0 Å². The molecule has 4 rings (SSSR count). The number of aryl methyl sites for hydroxylation is 1. The van der Waals surface area contributed by atoms with Gasteiger partial charge in [0.1, 0.15) is 34.1 Å². The van der Waals surface area contributed by atoms with Gasteiger partial charge in [-0.2, -0.15) is 0 Å². The number of rotatable bonds is 2. The second kappa shape index (κ2) is 6.01. The van der Waals surface area contributed by atoms with Gasteiger partial charge in [-0.25, -0.2) is 13.8 Å². The average Bonchev–Trinajstić information content (AvgIpc) is 3.01. The number of imidazole rings is 1. The minimum Gasteiger partial charge on any atom is -0.358 e. The monoisotopic (exact) mass is 368 g/mol. The Balaban J connectivity index is 2.06. The molecule has 0 aliphatic rings. The SMILES string of the molecule is CNC(=O)c1c[nH]c2c(cc(F)c3c2nc(-c2ccc(F)cc2)n3C)c1=O. The zero-order valence-electron chi connectivity index (χ0n) is 14.4. The van der Waals surface area contributed by atoms with Crippen LogP contribution in [-0.2, 0) is 7.05 Å². The number of H-pyrrole nitrogens is 1. The molecule has 0 fully saturated rings. The van der Waals surface area contributed by atoms with Gasteiger partial charge in [0.05, 0.1) is 10.9 Å². The van der Waals surface area contributed by atoms with Gasteiger partial charge in [0, 0.05) is 25.9 Å². The van der Waals surface area contributed by atoms with E-state index in [1.165, 1.54) is 25.4 Å². The summed E-state index contributed by atoms with van der Waals surface area (Å²) in [4.78, 5) is 31.8. The molecule has 0 radical (unpaired) electrons. The predicted octanol–water partition coefficient (Wildman–Crippen LogP) is 2.72. The first-order chi connectivity index (χ1) is 12.9. The largest absolute Gasteiger partial charge is 0.358 e. The maximum Gasteiger partial charge on any atom is 0.256 e. The molecule has 0 unspecified atom stereocenters. The van der Waals surface area contributed by atoms with E-state index in [1.807, 2.05) is 0 Å². The standard InChI is InChI=1S/C19H14F2N4O2/c1-22-19(27)12-8-23-14-11(17(12)26)7-13(21)16-15(14)24-18(25(16)2)9-3-5-10(20)6-4-9/h3-8H,1-2H3,(H,22,27)(H,23,26). The number of hydrogen-bond acceptors (Lipinski definition) is 3. The summed E-state index contributed by atoms with van der Waals surface area (Å²) in [5.41, 5.74) is 0.689. The molecule has 27 heavy (non-hydrogen) atoms. The highest BCUT2D eigenvalue weighted by Crippen LogP contribution is 2.29. The summed E-state index contributed by atoms with van der Waals surface area (Å²) in [5.74, 6) is -1.17. The Kier molecular flexibility index (Phi) is 3.76. The minimum atomic E-state index is -0.639. The Hall–Kier alpha value is -3.55. The van der Waals surface area contributed by atoms with Crippen LogP contribution in [0.3, 0.4) is 0 Å². The van der Waals surface area contributed by atoms with E-state index in [0.29, 0.717) is 16.9 Å². The van der Waals surface area contributed by atoms with Crippen molar-refractivity contribution in [3.63, 3.8) is 0 Å². The number of aromatic amines is 1. The highest BCUT2D eigenvalue weighted by atomic mass is 19.1. The van der Waals surface area contributed by atoms with Crippen LogP contribution in [0.15, 0.2) is 41.3 Å². The van der Waals surface area contributed by atoms with Crippen molar-refractivity contribution in [2.45, 2.75) is 0 Å². The summed E-state index contributed by atoms with van der Waals surface area (Å²) in [6.45, 7) is 0. The molecule has 8 heteroatoms. The van der Waals surface area contributed by atoms with E-state index in [1.54, 1.807) is 23.7 Å². The number of pyridine rings is 1. The van der Waals surface area contributed by atoms with Crippen molar-refractivity contribution in [1.29, 1.82) is 0 Å². The van der Waals surface area contributed by atoms with Gasteiger partial charge in [0.15, 0.2) is 0 Å². The molecule has 136 valence electrons. The molecular formula is C19H14F2N4O2. The normalized spacial score (nSPS) is 11.3. The number of carbonyl (C=O) groups is 1. The van der Waals surface area contributed by atoms with Crippen LogP contribution in [0.2, 0.25) is 0 Å². The maximum atomic E-state index is 14.8. The first-order valence-corrected chi connectivity index (χ1v) is 8.10. The zero-order valence-corrected chi connectivity index (χ0v) is 14.4. The van der Waals surface area contributed by atoms with Crippen molar-refractivity contribution in [3.8, 4) is 11.4 Å². The summed E-state index contributed by atoms with van der Waals surface area (Å²) in [7, 11) is 3.05. The Morgan fingerprint density at radius 3 is 2.59 bits per heavy atom. The quantitative estimate of drug-likeness (QED) is 0.571. The van der Waals surface area contributed by atoms with Crippen molar-refractivity contribution in [3.05, 3.63) is 63.9 Å². The van der Waals surface area contributed by atoms with E-state index in [9.17, 15) is 18.4 Å². The number of carbonyl (C=O) groups excluding carboxylic acids is 1. The molecular weight excluding hydrogens is 354 g/mol. The topological polar surface area (TPSA) is 79.8 Å². The molecule has 0 aliphatic carbocycles. The van der Waals surface area contributed by atoms with Crippen molar-refractivity contribution < 1.29 is 13.6 Å². The van der Waals surface area contributed by atoms with E-state index in [4.69, 9.17) is 0 Å². The lowest BCUT2D eigenvalue weighted by atomic mass is 10.1. The van der Waals surface area contributed by atoms with E-state index in [-0.39, 0.29) is 27.8 Å². The summed E-state index contributed by atoms with van der Waals surface area (Å²) >= 11 is 0. The number of amides is 1. The molecule has 4 aromatic rings. The highest BCUT2D eigenvalue weighted by molar-refractivity contribution is 6.05. The second-order valence-electron chi connectivity index (χ2n) is 6.09. The molecule has 1 amide bonds. The molecule has 2 heterocycles. The average molecular weight is 368 g/mol. The lowest BCUT2D eigenvalue weighted by Crippen LogP contribution is -2.25. The fraction of sp³-hybridized carbons (Fsp3) is 0.105. The van der Waals surface area contributed by atoms with Crippen LogP contribution in [0.4, 0.5) is 8.78 Å². The molecule has 0 spiro atoms. The van der Waals surface area contributed by atoms with E-state index >= 15 is 0 Å². The van der Waals surface area contributed by atoms with E-state index in [2.05, 4.69) is 15.3 Å². The molecule has 0 atom stereocenters. The third-order valence-electron chi connectivity index (χ3n) is 4.52. The van der Waals surface area contributed by atoms with Crippen molar-refractivity contribution in [2.24, 2.45) is 7.05 Å². The summed E-state index contributed by atoms with van der Waals surface area (Å²) in [6.07, 6.45) is 1.28. The summed E-state index contributed by atoms with van der Waals surface area (Å²) in [6, 6.07) is 6.77. The third-order valence-corrected chi connectivity index (χ3v) is 4.52. The van der Waals surface area contributed by atoms with E-state index in [0.717, 1.165) is 6.07 Å². The van der Waals surface area contributed by atoms with E-state index < -0.39 is 17.2 Å². The summed E-state index contributed by atoms with van der Waals surface area (Å²) in [5, 5.41) is 2.41. The second-order valence-corrected chi connectivity index (χ2v) is 6.09. The lowest BCUT2D eigenvalue weighted by molar-refractivity contribution is 0.0962. The van der Waals surface area contributed by atoms with Crippen LogP contribution in [0.5, 0.6) is 0 Å². The molecule has 0 bridgehead atoms. The molecule has 2 N–H and O–H groups in total.